The number of unbranched alkanes of at least 4 members (excludes halogenated alkanes) is 28. The Bertz CT molecular complexity index is 1140. The highest BCUT2D eigenvalue weighted by Crippen LogP contribution is 2.47. The number of carbonyl (C=O) groups excluding carboxylic acids is 2. The molecule has 13 nitrogen and oxygen atoms in total. The van der Waals surface area contributed by atoms with Crippen LogP contribution in [0.5, 0.6) is 0 Å². The van der Waals surface area contributed by atoms with Gasteiger partial charge in [0.2, 0.25) is 0 Å². The molecule has 6 N–H and O–H groups in total. The number of carbonyl (C=O) groups is 2. The van der Waals surface area contributed by atoms with Crippen molar-refractivity contribution < 1.29 is 63.1 Å². The average Bonchev–Trinajstić information content (AvgIpc) is 3.25. The molecule has 0 bridgehead atoms. The van der Waals surface area contributed by atoms with E-state index in [0.29, 0.717) is 12.8 Å². The van der Waals surface area contributed by atoms with Gasteiger partial charge in [-0.2, -0.15) is 0 Å². The standard InChI is InChI=1S/C48H91O13P/c1-3-5-7-9-11-13-15-17-19-20-21-23-24-26-28-30-32-34-36-41(49)58-38-40(39-59-62(56,57)61-48-46(54)44(52)43(51)45(53)47(48)55)60-42(50)37-35-33-31-29-27-25-22-18-16-14-12-10-8-6-4-2/h10,12,40,43-48,51-55H,3-9,11,13-39H2,1-2H3,(H,56,57)/b12-10+/t40-,43?,44-,45?,46?,47?,48?/m0/s1. The summed E-state index contributed by atoms with van der Waals surface area (Å²) >= 11 is 0. The molecule has 0 aromatic rings. The third kappa shape index (κ3) is 30.7. The van der Waals surface area contributed by atoms with Crippen LogP contribution in [0.15, 0.2) is 12.2 Å². The number of aliphatic hydroxyl groups excluding tert-OH is 5. The van der Waals surface area contributed by atoms with Gasteiger partial charge in [0.25, 0.3) is 0 Å². The van der Waals surface area contributed by atoms with Gasteiger partial charge in [-0.15, -0.1) is 0 Å². The number of phosphoric ester groups is 1. The molecule has 8 atom stereocenters. The minimum Gasteiger partial charge on any atom is -0.462 e. The Morgan fingerprint density at radius 2 is 0.839 bits per heavy atom. The fraction of sp³-hybridized carbons (Fsp3) is 0.917. The topological polar surface area (TPSA) is 210 Å². The lowest BCUT2D eigenvalue weighted by molar-refractivity contribution is -0.220. The van der Waals surface area contributed by atoms with Crippen molar-refractivity contribution in [3.8, 4) is 0 Å². The highest BCUT2D eigenvalue weighted by atomic mass is 31.2. The number of hydrogen-bond donors (Lipinski definition) is 6. The van der Waals surface area contributed by atoms with Gasteiger partial charge in [0.05, 0.1) is 6.61 Å². The van der Waals surface area contributed by atoms with Crippen LogP contribution < -0.4 is 0 Å². The molecule has 14 heteroatoms. The van der Waals surface area contributed by atoms with E-state index < -0.39 is 75.7 Å². The number of hydrogen-bond acceptors (Lipinski definition) is 12. The van der Waals surface area contributed by atoms with Crippen molar-refractivity contribution in [1.29, 1.82) is 0 Å². The molecule has 0 aliphatic heterocycles. The largest absolute Gasteiger partial charge is 0.472 e. The molecule has 0 heterocycles. The van der Waals surface area contributed by atoms with Gasteiger partial charge in [0.15, 0.2) is 6.10 Å². The van der Waals surface area contributed by atoms with Gasteiger partial charge in [-0.1, -0.05) is 193 Å². The molecule has 1 aliphatic rings. The Balaban J connectivity index is 2.40. The molecule has 0 aromatic carbocycles. The number of esters is 2. The van der Waals surface area contributed by atoms with E-state index in [0.717, 1.165) is 51.4 Å². The molecular weight excluding hydrogens is 815 g/mol. The zero-order valence-corrected chi connectivity index (χ0v) is 39.8. The van der Waals surface area contributed by atoms with Gasteiger partial charge in [-0.05, 0) is 32.1 Å². The lowest BCUT2D eigenvalue weighted by Crippen LogP contribution is -2.64. The second-order valence-corrected chi connectivity index (χ2v) is 19.1. The minimum atomic E-state index is -5.11. The first-order valence-electron chi connectivity index (χ1n) is 25.0. The van der Waals surface area contributed by atoms with Gasteiger partial charge >= 0.3 is 19.8 Å². The molecule has 366 valence electrons. The Labute approximate surface area is 375 Å². The van der Waals surface area contributed by atoms with Crippen molar-refractivity contribution in [3.63, 3.8) is 0 Å². The molecule has 1 aliphatic carbocycles. The first-order chi connectivity index (χ1) is 29.9. The number of phosphoric acid groups is 1. The minimum absolute atomic E-state index is 0.0986. The maximum Gasteiger partial charge on any atom is 0.472 e. The van der Waals surface area contributed by atoms with E-state index in [9.17, 15) is 44.6 Å². The van der Waals surface area contributed by atoms with Crippen molar-refractivity contribution in [1.82, 2.24) is 0 Å². The lowest BCUT2D eigenvalue weighted by Gasteiger charge is -2.41. The van der Waals surface area contributed by atoms with Crippen molar-refractivity contribution >= 4 is 19.8 Å². The highest BCUT2D eigenvalue weighted by molar-refractivity contribution is 7.47. The van der Waals surface area contributed by atoms with E-state index in [-0.39, 0.29) is 12.8 Å². The summed E-state index contributed by atoms with van der Waals surface area (Å²) in [6.07, 6.45) is 28.3. The Hall–Kier alpha value is -1.41. The highest BCUT2D eigenvalue weighted by Gasteiger charge is 2.51. The summed E-state index contributed by atoms with van der Waals surface area (Å²) < 4.78 is 33.6. The second-order valence-electron chi connectivity index (χ2n) is 17.7. The molecule has 0 amide bonds. The first kappa shape index (κ1) is 58.6. The van der Waals surface area contributed by atoms with Crippen molar-refractivity contribution in [3.05, 3.63) is 12.2 Å². The summed E-state index contributed by atoms with van der Waals surface area (Å²) in [5, 5.41) is 50.2. The van der Waals surface area contributed by atoms with Gasteiger partial charge in [0.1, 0.15) is 43.2 Å². The zero-order chi connectivity index (χ0) is 45.7. The van der Waals surface area contributed by atoms with Crippen LogP contribution in [0.4, 0.5) is 0 Å². The summed E-state index contributed by atoms with van der Waals surface area (Å²) in [6, 6.07) is 0. The number of allylic oxidation sites excluding steroid dienone is 2. The van der Waals surface area contributed by atoms with Gasteiger partial charge in [-0.3, -0.25) is 18.6 Å². The maximum atomic E-state index is 12.8. The molecule has 0 radical (unpaired) electrons. The summed E-state index contributed by atoms with van der Waals surface area (Å²) in [4.78, 5) is 35.8. The van der Waals surface area contributed by atoms with Crippen LogP contribution in [0.2, 0.25) is 0 Å². The van der Waals surface area contributed by atoms with Crippen LogP contribution in [-0.2, 0) is 32.7 Å². The first-order valence-corrected chi connectivity index (χ1v) is 26.5. The SMILES string of the molecule is CCCC/C=C/CCCCCCCCCCCC(=O)O[C@@H](COC(=O)CCCCCCCCCCCCCCCCCCCC)COP(=O)(O)OC1C(O)C(O)C(O)[C@H](O)C1O. The van der Waals surface area contributed by atoms with E-state index >= 15 is 0 Å². The molecule has 1 fully saturated rings. The molecule has 0 saturated heterocycles. The third-order valence-electron chi connectivity index (χ3n) is 11.9. The van der Waals surface area contributed by atoms with E-state index in [4.69, 9.17) is 18.5 Å². The lowest BCUT2D eigenvalue weighted by atomic mass is 9.85. The number of rotatable bonds is 42. The quantitative estimate of drug-likeness (QED) is 0.0146. The van der Waals surface area contributed by atoms with E-state index in [1.165, 1.54) is 135 Å². The maximum absolute atomic E-state index is 12.8. The van der Waals surface area contributed by atoms with Crippen LogP contribution in [-0.4, -0.2) is 98.3 Å². The Morgan fingerprint density at radius 3 is 1.27 bits per heavy atom. The fourth-order valence-corrected chi connectivity index (χ4v) is 8.77. The van der Waals surface area contributed by atoms with Gasteiger partial charge in [-0.25, -0.2) is 4.57 Å². The average molecular weight is 907 g/mol. The third-order valence-corrected chi connectivity index (χ3v) is 12.8. The Morgan fingerprint density at radius 1 is 0.484 bits per heavy atom. The van der Waals surface area contributed by atoms with E-state index in [2.05, 4.69) is 26.0 Å². The van der Waals surface area contributed by atoms with Crippen molar-refractivity contribution in [2.75, 3.05) is 13.2 Å². The second kappa shape index (κ2) is 38.8. The Kier molecular flexibility index (Phi) is 36.7. The van der Waals surface area contributed by atoms with Crippen LogP contribution >= 0.6 is 7.82 Å². The van der Waals surface area contributed by atoms with E-state index in [1.54, 1.807) is 0 Å². The normalized spacial score (nSPS) is 21.9. The molecule has 0 aromatic heterocycles. The van der Waals surface area contributed by atoms with Crippen LogP contribution in [0.1, 0.15) is 226 Å². The van der Waals surface area contributed by atoms with Crippen molar-refractivity contribution in [2.45, 2.75) is 268 Å². The molecule has 1 saturated carbocycles. The molecule has 0 spiro atoms. The number of ether oxygens (including phenoxy) is 2. The zero-order valence-electron chi connectivity index (χ0n) is 38.9. The summed E-state index contributed by atoms with van der Waals surface area (Å²) in [5.41, 5.74) is 0. The molecule has 6 unspecified atom stereocenters. The summed E-state index contributed by atoms with van der Waals surface area (Å²) in [5.74, 6) is -1.09. The van der Waals surface area contributed by atoms with Crippen LogP contribution in [0, 0.1) is 0 Å². The summed E-state index contributed by atoms with van der Waals surface area (Å²) in [6.45, 7) is 3.30. The number of aliphatic hydroxyl groups is 5. The molecule has 62 heavy (non-hydrogen) atoms. The van der Waals surface area contributed by atoms with Gasteiger partial charge in [0, 0.05) is 12.8 Å². The molecule has 1 rings (SSSR count). The smallest absolute Gasteiger partial charge is 0.462 e. The van der Waals surface area contributed by atoms with E-state index in [1.807, 2.05) is 0 Å². The monoisotopic (exact) mass is 907 g/mol. The summed E-state index contributed by atoms with van der Waals surface area (Å²) in [7, 11) is -5.11. The fourth-order valence-electron chi connectivity index (χ4n) is 7.80. The predicted octanol–water partition coefficient (Wildman–Crippen LogP) is 10.2. The van der Waals surface area contributed by atoms with Gasteiger partial charge < -0.3 is 39.9 Å². The van der Waals surface area contributed by atoms with Crippen LogP contribution in [0.25, 0.3) is 0 Å². The molecular formula is C48H91O13P. The predicted molar refractivity (Wildman–Crippen MR) is 244 cm³/mol. The van der Waals surface area contributed by atoms with Crippen LogP contribution in [0.3, 0.4) is 0 Å². The van der Waals surface area contributed by atoms with Crippen molar-refractivity contribution in [2.24, 2.45) is 0 Å².